The molecule has 0 aliphatic heterocycles. The molecule has 0 saturated heterocycles. The van der Waals surface area contributed by atoms with Gasteiger partial charge in [0.05, 0.1) is 0 Å². The molecule has 0 aliphatic carbocycles. The number of carbonyl (C=O) groups is 1. The lowest BCUT2D eigenvalue weighted by molar-refractivity contribution is 0.0950. The first kappa shape index (κ1) is 13.0. The molecule has 3 nitrogen and oxygen atoms in total. The summed E-state index contributed by atoms with van der Waals surface area (Å²) in [6, 6.07) is 9.28. The molecule has 2 aromatic rings. The number of aromatic hydroxyl groups is 1. The van der Waals surface area contributed by atoms with Gasteiger partial charge < -0.3 is 10.4 Å². The van der Waals surface area contributed by atoms with Gasteiger partial charge in [0.15, 0.2) is 11.6 Å². The van der Waals surface area contributed by atoms with Crippen LogP contribution in [0.15, 0.2) is 42.5 Å². The molecule has 2 N–H and O–H groups in total. The normalized spacial score (nSPS) is 10.2. The lowest BCUT2D eigenvalue weighted by atomic mass is 10.2. The van der Waals surface area contributed by atoms with Gasteiger partial charge in [0.25, 0.3) is 5.91 Å². The monoisotopic (exact) mass is 263 g/mol. The fraction of sp³-hybridized carbons (Fsp3) is 0.0714. The van der Waals surface area contributed by atoms with Crippen LogP contribution in [0.1, 0.15) is 15.9 Å². The maximum atomic E-state index is 13.0. The van der Waals surface area contributed by atoms with Crippen molar-refractivity contribution in [3.05, 3.63) is 65.2 Å². The van der Waals surface area contributed by atoms with Crippen LogP contribution in [0, 0.1) is 11.6 Å². The first-order valence-electron chi connectivity index (χ1n) is 5.57. The van der Waals surface area contributed by atoms with E-state index in [9.17, 15) is 18.7 Å². The van der Waals surface area contributed by atoms with E-state index in [2.05, 4.69) is 5.32 Å². The maximum absolute atomic E-state index is 13.0. The smallest absolute Gasteiger partial charge is 0.251 e. The molecule has 0 atom stereocenters. The van der Waals surface area contributed by atoms with Crippen LogP contribution in [0.4, 0.5) is 8.78 Å². The summed E-state index contributed by atoms with van der Waals surface area (Å²) in [5.41, 5.74) is 0.745. The molecule has 98 valence electrons. The van der Waals surface area contributed by atoms with Crippen molar-refractivity contribution in [3.8, 4) is 5.75 Å². The van der Waals surface area contributed by atoms with Crippen LogP contribution in [0.5, 0.6) is 5.75 Å². The molecule has 1 amide bonds. The highest BCUT2D eigenvalue weighted by molar-refractivity contribution is 5.94. The third-order valence-corrected chi connectivity index (χ3v) is 2.55. The van der Waals surface area contributed by atoms with Gasteiger partial charge in [-0.3, -0.25) is 4.79 Å². The second-order valence-electron chi connectivity index (χ2n) is 3.98. The van der Waals surface area contributed by atoms with E-state index < -0.39 is 17.5 Å². The van der Waals surface area contributed by atoms with Crippen LogP contribution in [-0.2, 0) is 6.54 Å². The molecule has 2 aromatic carbocycles. The molecule has 0 heterocycles. The summed E-state index contributed by atoms with van der Waals surface area (Å²) in [4.78, 5) is 11.7. The van der Waals surface area contributed by atoms with E-state index in [4.69, 9.17) is 0 Å². The van der Waals surface area contributed by atoms with Crippen molar-refractivity contribution >= 4 is 5.91 Å². The van der Waals surface area contributed by atoms with Gasteiger partial charge in [-0.1, -0.05) is 12.1 Å². The van der Waals surface area contributed by atoms with Crippen molar-refractivity contribution in [1.29, 1.82) is 0 Å². The van der Waals surface area contributed by atoms with Crippen LogP contribution in [-0.4, -0.2) is 11.0 Å². The molecule has 0 radical (unpaired) electrons. The number of carbonyl (C=O) groups excluding carboxylic acids is 1. The Labute approximate surface area is 108 Å². The number of phenols is 1. The van der Waals surface area contributed by atoms with Gasteiger partial charge in [-0.25, -0.2) is 8.78 Å². The Morgan fingerprint density at radius 2 is 1.89 bits per heavy atom. The second kappa shape index (κ2) is 5.48. The van der Waals surface area contributed by atoms with Crippen molar-refractivity contribution in [1.82, 2.24) is 5.32 Å². The Balaban J connectivity index is 2.02. The molecule has 0 aliphatic rings. The lowest BCUT2D eigenvalue weighted by Gasteiger charge is -2.06. The molecule has 0 spiro atoms. The second-order valence-corrected chi connectivity index (χ2v) is 3.98. The predicted molar refractivity (Wildman–Crippen MR) is 65.6 cm³/mol. The number of phenolic OH excluding ortho intramolecular Hbond substituents is 1. The van der Waals surface area contributed by atoms with Crippen LogP contribution < -0.4 is 5.32 Å². The summed E-state index contributed by atoms with van der Waals surface area (Å²) in [6.45, 7) is 0.0751. The summed E-state index contributed by atoms with van der Waals surface area (Å²) in [7, 11) is 0. The van der Waals surface area contributed by atoms with E-state index in [1.54, 1.807) is 12.1 Å². The minimum atomic E-state index is -0.955. The molecule has 0 bridgehead atoms. The third-order valence-electron chi connectivity index (χ3n) is 2.55. The average molecular weight is 263 g/mol. The van der Waals surface area contributed by atoms with Crippen LogP contribution >= 0.6 is 0 Å². The van der Waals surface area contributed by atoms with E-state index in [-0.39, 0.29) is 12.3 Å². The first-order chi connectivity index (χ1) is 9.06. The van der Waals surface area contributed by atoms with E-state index in [0.717, 1.165) is 12.1 Å². The number of hydrogen-bond acceptors (Lipinski definition) is 2. The zero-order valence-corrected chi connectivity index (χ0v) is 9.86. The topological polar surface area (TPSA) is 49.3 Å². The SMILES string of the molecule is O=C(NCc1ccc(F)c(F)c1)c1cccc(O)c1. The fourth-order valence-electron chi connectivity index (χ4n) is 1.58. The highest BCUT2D eigenvalue weighted by Crippen LogP contribution is 2.11. The summed E-state index contributed by atoms with van der Waals surface area (Å²) < 4.78 is 25.7. The lowest BCUT2D eigenvalue weighted by Crippen LogP contribution is -2.22. The van der Waals surface area contributed by atoms with Crippen molar-refractivity contribution in [2.45, 2.75) is 6.54 Å². The quantitative estimate of drug-likeness (QED) is 0.894. The van der Waals surface area contributed by atoms with Gasteiger partial charge in [-0.2, -0.15) is 0 Å². The number of nitrogens with one attached hydrogen (secondary N) is 1. The summed E-state index contributed by atoms with van der Waals surface area (Å²) in [6.07, 6.45) is 0. The van der Waals surface area contributed by atoms with E-state index in [0.29, 0.717) is 11.1 Å². The highest BCUT2D eigenvalue weighted by atomic mass is 19.2. The van der Waals surface area contributed by atoms with Gasteiger partial charge in [0, 0.05) is 12.1 Å². The Kier molecular flexibility index (Phi) is 3.75. The summed E-state index contributed by atoms with van der Waals surface area (Å²) in [5, 5.41) is 11.8. The zero-order chi connectivity index (χ0) is 13.8. The molecular weight excluding hydrogens is 252 g/mol. The summed E-state index contributed by atoms with van der Waals surface area (Å²) >= 11 is 0. The predicted octanol–water partition coefficient (Wildman–Crippen LogP) is 2.60. The molecule has 0 saturated carbocycles. The fourth-order valence-corrected chi connectivity index (χ4v) is 1.58. The highest BCUT2D eigenvalue weighted by Gasteiger charge is 2.07. The van der Waals surface area contributed by atoms with Crippen LogP contribution in [0.2, 0.25) is 0 Å². The first-order valence-corrected chi connectivity index (χ1v) is 5.57. The van der Waals surface area contributed by atoms with Crippen LogP contribution in [0.3, 0.4) is 0 Å². The van der Waals surface area contributed by atoms with Crippen molar-refractivity contribution < 1.29 is 18.7 Å². The Hall–Kier alpha value is -2.43. The minimum absolute atomic E-state index is 0.0134. The standard InChI is InChI=1S/C14H11F2NO2/c15-12-5-4-9(6-13(12)16)8-17-14(19)10-2-1-3-11(18)7-10/h1-7,18H,8H2,(H,17,19). The molecule has 0 aromatic heterocycles. The van der Waals surface area contributed by atoms with Crippen molar-refractivity contribution in [2.75, 3.05) is 0 Å². The number of amides is 1. The van der Waals surface area contributed by atoms with Gasteiger partial charge in [-0.05, 0) is 35.9 Å². The van der Waals surface area contributed by atoms with E-state index in [1.165, 1.54) is 18.2 Å². The number of benzene rings is 2. The summed E-state index contributed by atoms with van der Waals surface area (Å²) in [5.74, 6) is -2.30. The number of halogens is 2. The van der Waals surface area contributed by atoms with Gasteiger partial charge in [-0.15, -0.1) is 0 Å². The van der Waals surface area contributed by atoms with E-state index in [1.807, 2.05) is 0 Å². The third kappa shape index (κ3) is 3.28. The Morgan fingerprint density at radius 1 is 1.11 bits per heavy atom. The minimum Gasteiger partial charge on any atom is -0.508 e. The van der Waals surface area contributed by atoms with E-state index >= 15 is 0 Å². The number of rotatable bonds is 3. The molecule has 19 heavy (non-hydrogen) atoms. The van der Waals surface area contributed by atoms with Gasteiger partial charge in [0.1, 0.15) is 5.75 Å². The Bertz CT molecular complexity index is 614. The molecule has 0 fully saturated rings. The molecule has 5 heteroatoms. The van der Waals surface area contributed by atoms with Crippen LogP contribution in [0.25, 0.3) is 0 Å². The zero-order valence-electron chi connectivity index (χ0n) is 9.86. The molecular formula is C14H11F2NO2. The average Bonchev–Trinajstić information content (AvgIpc) is 2.40. The Morgan fingerprint density at radius 3 is 2.58 bits per heavy atom. The van der Waals surface area contributed by atoms with Gasteiger partial charge >= 0.3 is 0 Å². The maximum Gasteiger partial charge on any atom is 0.251 e. The van der Waals surface area contributed by atoms with Gasteiger partial charge in [0.2, 0.25) is 0 Å². The molecule has 2 rings (SSSR count). The molecule has 0 unspecified atom stereocenters. The van der Waals surface area contributed by atoms with Crippen molar-refractivity contribution in [3.63, 3.8) is 0 Å². The van der Waals surface area contributed by atoms with Crippen molar-refractivity contribution in [2.24, 2.45) is 0 Å². The largest absolute Gasteiger partial charge is 0.508 e. The number of hydrogen-bond donors (Lipinski definition) is 2.